The first-order chi connectivity index (χ1) is 31.3. The molecule has 67 heavy (non-hydrogen) atoms. The van der Waals surface area contributed by atoms with Crippen molar-refractivity contribution in [2.75, 3.05) is 13.1 Å². The zero-order valence-electron chi connectivity index (χ0n) is 34.5. The molecule has 2 aliphatic heterocycles. The molecule has 2 atom stereocenters. The summed E-state index contributed by atoms with van der Waals surface area (Å²) in [5.74, 6) is -4.82. The van der Waals surface area contributed by atoms with Crippen LogP contribution in [0.1, 0.15) is 55.6 Å². The number of nitrogens with zero attached hydrogens (tertiary/aromatic N) is 4. The van der Waals surface area contributed by atoms with Gasteiger partial charge in [0, 0.05) is 13.8 Å². The zero-order chi connectivity index (χ0) is 47.5. The number of hydrogen-bond donors (Lipinski definition) is 0. The summed E-state index contributed by atoms with van der Waals surface area (Å²) in [6.45, 7) is 2.85. The molecule has 0 aromatic heterocycles. The molecule has 0 spiro atoms. The van der Waals surface area contributed by atoms with Crippen LogP contribution in [0.25, 0.3) is 22.3 Å². The van der Waals surface area contributed by atoms with Crippen molar-refractivity contribution in [1.29, 1.82) is 0 Å². The van der Waals surface area contributed by atoms with E-state index < -0.39 is 59.9 Å². The third kappa shape index (κ3) is 11.5. The Morgan fingerprint density at radius 2 is 0.910 bits per heavy atom. The highest BCUT2D eigenvalue weighted by molar-refractivity contribution is 6.10. The first-order valence-electron chi connectivity index (χ1n) is 19.8. The Labute approximate surface area is 377 Å². The van der Waals surface area contributed by atoms with E-state index in [1.54, 1.807) is 48.5 Å². The summed E-state index contributed by atoms with van der Waals surface area (Å²) in [4.78, 5) is 35.6. The van der Waals surface area contributed by atoms with Gasteiger partial charge in [0.15, 0.2) is 0 Å². The van der Waals surface area contributed by atoms with Gasteiger partial charge in [0.1, 0.15) is 46.4 Å². The van der Waals surface area contributed by atoms with E-state index >= 15 is 0 Å². The largest absolute Gasteiger partial charge is 0.573 e. The van der Waals surface area contributed by atoms with Crippen LogP contribution in [0.2, 0.25) is 0 Å². The highest BCUT2D eigenvalue weighted by Crippen LogP contribution is 2.35. The van der Waals surface area contributed by atoms with Gasteiger partial charge in [-0.15, -0.1) is 26.3 Å². The van der Waals surface area contributed by atoms with Crippen LogP contribution in [0.4, 0.5) is 43.9 Å². The van der Waals surface area contributed by atoms with Crippen LogP contribution >= 0.6 is 0 Å². The first-order valence-corrected chi connectivity index (χ1v) is 19.8. The minimum absolute atomic E-state index is 0. The van der Waals surface area contributed by atoms with Gasteiger partial charge in [-0.3, -0.25) is 29.4 Å². The molecule has 2 heterocycles. The molecular formula is C49H38F10N4O4. The van der Waals surface area contributed by atoms with E-state index in [-0.39, 0.29) is 54.8 Å². The van der Waals surface area contributed by atoms with Crippen LogP contribution in [0.5, 0.6) is 11.5 Å². The lowest BCUT2D eigenvalue weighted by molar-refractivity contribution is -0.275. The highest BCUT2D eigenvalue weighted by atomic mass is 19.4. The van der Waals surface area contributed by atoms with E-state index in [4.69, 9.17) is 0 Å². The van der Waals surface area contributed by atoms with Gasteiger partial charge in [0.2, 0.25) is 11.8 Å². The minimum Gasteiger partial charge on any atom is -0.406 e. The van der Waals surface area contributed by atoms with Gasteiger partial charge in [-0.1, -0.05) is 92.4 Å². The van der Waals surface area contributed by atoms with Crippen molar-refractivity contribution < 1.29 is 63.0 Å². The van der Waals surface area contributed by atoms with Crippen LogP contribution in [0.3, 0.4) is 0 Å². The van der Waals surface area contributed by atoms with Crippen molar-refractivity contribution in [3.63, 3.8) is 0 Å². The monoisotopic (exact) mass is 936 g/mol. The Morgan fingerprint density at radius 3 is 1.28 bits per heavy atom. The second-order valence-electron chi connectivity index (χ2n) is 14.7. The molecule has 2 aliphatic rings. The summed E-state index contributed by atoms with van der Waals surface area (Å²) in [6, 6.07) is 30.7. The quantitative estimate of drug-likeness (QED) is 0.142. The smallest absolute Gasteiger partial charge is 0.406 e. The van der Waals surface area contributed by atoms with Gasteiger partial charge < -0.3 is 9.47 Å². The predicted molar refractivity (Wildman–Crippen MR) is 230 cm³/mol. The van der Waals surface area contributed by atoms with Crippen molar-refractivity contribution in [1.82, 2.24) is 9.80 Å². The molecule has 0 radical (unpaired) electrons. The average Bonchev–Trinajstić information content (AvgIpc) is 3.90. The zero-order valence-corrected chi connectivity index (χ0v) is 34.5. The number of amidine groups is 2. The Hall–Kier alpha value is -7.50. The SMILES string of the molecule is C.CC(=O)N1C(c2c(F)cccc2F)=NCC1c1ccc(-c2ccc(OC(F)(F)F)cc2)cc1.CC(=O)N1CC(c2ccc(-c3ccc(OC(F)(F)F)cc3)cc2)N=C1c1c(F)cccc1F. The summed E-state index contributed by atoms with van der Waals surface area (Å²) in [7, 11) is 0. The van der Waals surface area contributed by atoms with Crippen molar-refractivity contribution >= 4 is 23.5 Å². The van der Waals surface area contributed by atoms with Crippen molar-refractivity contribution in [3.8, 4) is 33.8 Å². The molecule has 6 aromatic carbocycles. The highest BCUT2D eigenvalue weighted by Gasteiger charge is 2.37. The van der Waals surface area contributed by atoms with Gasteiger partial charge in [-0.2, -0.15) is 0 Å². The number of carbonyl (C=O) groups excluding carboxylic acids is 2. The van der Waals surface area contributed by atoms with E-state index in [0.717, 1.165) is 35.4 Å². The summed E-state index contributed by atoms with van der Waals surface area (Å²) >= 11 is 0. The topological polar surface area (TPSA) is 83.8 Å². The molecule has 0 fully saturated rings. The molecule has 2 unspecified atom stereocenters. The van der Waals surface area contributed by atoms with E-state index in [9.17, 15) is 53.5 Å². The van der Waals surface area contributed by atoms with Crippen LogP contribution in [0.15, 0.2) is 143 Å². The molecular weight excluding hydrogens is 899 g/mol. The lowest BCUT2D eigenvalue weighted by Crippen LogP contribution is -2.36. The standard InChI is InChI=1S/2C24H17F5N2O2.CH4/c1-14(32)31-13-21(30-23(31)22-19(25)3-2-4-20(22)26)17-7-5-15(6-8-17)16-9-11-18(12-10-16)33-24(27,28)29;1-14(32)31-21(13-30-23(31)22-19(25)3-2-4-20(22)26)17-7-5-15(6-8-17)16-9-11-18(12-10-16)33-24(27,28)29;/h2*2-12,21H,13H2,1H3;1H4. The fraction of sp³-hybridized carbons (Fsp3) is 0.184. The number of halogens is 10. The number of alkyl halides is 6. The maximum absolute atomic E-state index is 14.3. The average molecular weight is 937 g/mol. The van der Waals surface area contributed by atoms with Gasteiger partial charge in [0.25, 0.3) is 0 Å². The third-order valence-corrected chi connectivity index (χ3v) is 10.4. The summed E-state index contributed by atoms with van der Waals surface area (Å²) < 4.78 is 139. The second-order valence-corrected chi connectivity index (χ2v) is 14.7. The summed E-state index contributed by atoms with van der Waals surface area (Å²) in [6.07, 6.45) is -9.53. The molecule has 6 aromatic rings. The number of ether oxygens (including phenoxy) is 2. The molecule has 8 nitrogen and oxygen atoms in total. The van der Waals surface area contributed by atoms with Crippen LogP contribution in [-0.4, -0.2) is 59.1 Å². The molecule has 0 bridgehead atoms. The van der Waals surface area contributed by atoms with Gasteiger partial charge in [-0.25, -0.2) is 17.6 Å². The lowest BCUT2D eigenvalue weighted by Gasteiger charge is -2.25. The molecule has 18 heteroatoms. The van der Waals surface area contributed by atoms with Crippen molar-refractivity contribution in [3.05, 3.63) is 179 Å². The first kappa shape index (κ1) is 48.9. The molecule has 2 amide bonds. The Balaban J connectivity index is 0.000000218. The van der Waals surface area contributed by atoms with E-state index in [2.05, 4.69) is 19.5 Å². The van der Waals surface area contributed by atoms with Crippen LogP contribution in [-0.2, 0) is 9.59 Å². The molecule has 0 saturated carbocycles. The summed E-state index contributed by atoms with van der Waals surface area (Å²) in [5.41, 5.74) is 3.51. The lowest BCUT2D eigenvalue weighted by atomic mass is 10.00. The number of carbonyl (C=O) groups is 2. The number of aliphatic imine (C=N–C) groups is 2. The normalized spacial score (nSPS) is 15.8. The maximum Gasteiger partial charge on any atom is 0.573 e. The number of hydrogen-bond acceptors (Lipinski definition) is 6. The fourth-order valence-electron chi connectivity index (χ4n) is 7.39. The Bertz CT molecular complexity index is 2750. The molecule has 8 rings (SSSR count). The van der Waals surface area contributed by atoms with E-state index in [1.807, 2.05) is 0 Å². The van der Waals surface area contributed by atoms with Crippen molar-refractivity contribution in [2.24, 2.45) is 9.98 Å². The van der Waals surface area contributed by atoms with E-state index in [1.165, 1.54) is 84.3 Å². The molecule has 0 saturated heterocycles. The maximum atomic E-state index is 14.3. The second kappa shape index (κ2) is 19.9. The Kier molecular flexibility index (Phi) is 14.6. The van der Waals surface area contributed by atoms with Gasteiger partial charge >= 0.3 is 12.7 Å². The third-order valence-electron chi connectivity index (χ3n) is 10.4. The van der Waals surface area contributed by atoms with Gasteiger partial charge in [0.05, 0.1) is 36.3 Å². The van der Waals surface area contributed by atoms with Crippen LogP contribution < -0.4 is 9.47 Å². The number of rotatable bonds is 8. The van der Waals surface area contributed by atoms with E-state index in [0.29, 0.717) is 22.3 Å². The molecule has 348 valence electrons. The minimum atomic E-state index is -4.76. The number of amides is 2. The Morgan fingerprint density at radius 1 is 0.537 bits per heavy atom. The molecule has 0 N–H and O–H groups in total. The van der Waals surface area contributed by atoms with Crippen molar-refractivity contribution in [2.45, 2.75) is 46.1 Å². The van der Waals surface area contributed by atoms with Crippen LogP contribution in [0, 0.1) is 23.3 Å². The summed E-state index contributed by atoms with van der Waals surface area (Å²) in [5, 5.41) is 0. The molecule has 0 aliphatic carbocycles. The number of benzene rings is 6. The predicted octanol–water partition coefficient (Wildman–Crippen LogP) is 12.4. The fourth-order valence-corrected chi connectivity index (χ4v) is 7.39. The van der Waals surface area contributed by atoms with Gasteiger partial charge in [-0.05, 0) is 81.9 Å².